The Morgan fingerprint density at radius 3 is 2.71 bits per heavy atom. The van der Waals surface area contributed by atoms with Crippen molar-refractivity contribution in [3.05, 3.63) is 35.6 Å². The Bertz CT molecular complexity index is 310. The normalized spacial score (nSPS) is 25.9. The first-order valence-electron chi connectivity index (χ1n) is 4.90. The van der Waals surface area contributed by atoms with Crippen molar-refractivity contribution >= 4 is 0 Å². The van der Waals surface area contributed by atoms with Crippen LogP contribution in [0.2, 0.25) is 0 Å². The summed E-state index contributed by atoms with van der Waals surface area (Å²) in [6, 6.07) is 7.11. The first-order valence-corrected chi connectivity index (χ1v) is 4.90. The van der Waals surface area contributed by atoms with Crippen molar-refractivity contribution in [3.63, 3.8) is 0 Å². The van der Waals surface area contributed by atoms with Gasteiger partial charge in [-0.2, -0.15) is 0 Å². The average molecular weight is 195 g/mol. The van der Waals surface area contributed by atoms with Crippen LogP contribution in [-0.2, 0) is 6.54 Å². The van der Waals surface area contributed by atoms with Gasteiger partial charge in [0.15, 0.2) is 0 Å². The Hall–Kier alpha value is -0.930. The molecule has 0 unspecified atom stereocenters. The first kappa shape index (κ1) is 9.62. The van der Waals surface area contributed by atoms with Gasteiger partial charge in [-0.05, 0) is 18.9 Å². The van der Waals surface area contributed by atoms with Crippen LogP contribution in [0, 0.1) is 5.82 Å². The van der Waals surface area contributed by atoms with Crippen LogP contribution in [0.3, 0.4) is 0 Å². The fourth-order valence-electron chi connectivity index (χ4n) is 1.65. The molecule has 0 aliphatic heterocycles. The summed E-state index contributed by atoms with van der Waals surface area (Å²) in [6.45, 7) is 0.546. The summed E-state index contributed by atoms with van der Waals surface area (Å²) in [4.78, 5) is 0. The molecule has 76 valence electrons. The van der Waals surface area contributed by atoms with Crippen LogP contribution < -0.4 is 5.32 Å². The van der Waals surface area contributed by atoms with Crippen LogP contribution in [0.25, 0.3) is 0 Å². The molecule has 3 heteroatoms. The highest BCUT2D eigenvalue weighted by atomic mass is 19.1. The molecule has 2 N–H and O–H groups in total. The Morgan fingerprint density at radius 1 is 1.36 bits per heavy atom. The molecule has 14 heavy (non-hydrogen) atoms. The Balaban J connectivity index is 1.83. The molecule has 2 rings (SSSR count). The summed E-state index contributed by atoms with van der Waals surface area (Å²) in [5.74, 6) is -0.167. The van der Waals surface area contributed by atoms with Gasteiger partial charge < -0.3 is 10.4 Å². The highest BCUT2D eigenvalue weighted by Gasteiger charge is 2.26. The van der Waals surface area contributed by atoms with Gasteiger partial charge in [-0.1, -0.05) is 18.2 Å². The molecule has 1 aliphatic carbocycles. The Labute approximate surface area is 82.8 Å². The third kappa shape index (κ3) is 2.11. The minimum atomic E-state index is -0.167. The summed E-state index contributed by atoms with van der Waals surface area (Å²) in [6.07, 6.45) is 1.41. The van der Waals surface area contributed by atoms with Gasteiger partial charge in [0.1, 0.15) is 5.82 Å². The lowest BCUT2D eigenvalue weighted by atomic mass is 9.89. The van der Waals surface area contributed by atoms with E-state index in [-0.39, 0.29) is 11.9 Å². The molecule has 0 amide bonds. The van der Waals surface area contributed by atoms with Gasteiger partial charge in [-0.3, -0.25) is 0 Å². The van der Waals surface area contributed by atoms with Gasteiger partial charge in [-0.25, -0.2) is 4.39 Å². The third-order valence-electron chi connectivity index (χ3n) is 2.65. The summed E-state index contributed by atoms with van der Waals surface area (Å²) < 4.78 is 13.1. The van der Waals surface area contributed by atoms with Crippen molar-refractivity contribution in [1.29, 1.82) is 0 Å². The fraction of sp³-hybridized carbons (Fsp3) is 0.455. The van der Waals surface area contributed by atoms with Crippen LogP contribution in [0.1, 0.15) is 18.4 Å². The molecule has 2 nitrogen and oxygen atoms in total. The maximum atomic E-state index is 13.1. The SMILES string of the molecule is OC1CC(NCc2ccccc2F)C1. The van der Waals surface area contributed by atoms with Crippen molar-refractivity contribution in [3.8, 4) is 0 Å². The Kier molecular flexibility index (Phi) is 2.79. The van der Waals surface area contributed by atoms with Crippen LogP contribution >= 0.6 is 0 Å². The number of aliphatic hydroxyl groups is 1. The van der Waals surface area contributed by atoms with E-state index < -0.39 is 0 Å². The fourth-order valence-corrected chi connectivity index (χ4v) is 1.65. The summed E-state index contributed by atoms with van der Waals surface area (Å²) >= 11 is 0. The minimum absolute atomic E-state index is 0.159. The van der Waals surface area contributed by atoms with Crippen LogP contribution in [-0.4, -0.2) is 17.3 Å². The summed E-state index contributed by atoms with van der Waals surface area (Å²) in [5.41, 5.74) is 0.689. The van der Waals surface area contributed by atoms with E-state index in [9.17, 15) is 4.39 Å². The third-order valence-corrected chi connectivity index (χ3v) is 2.65. The molecule has 0 bridgehead atoms. The van der Waals surface area contributed by atoms with E-state index in [1.807, 2.05) is 6.07 Å². The Morgan fingerprint density at radius 2 is 2.07 bits per heavy atom. The van der Waals surface area contributed by atoms with E-state index >= 15 is 0 Å². The van der Waals surface area contributed by atoms with Crippen molar-refractivity contribution in [2.75, 3.05) is 0 Å². The maximum absolute atomic E-state index is 13.1. The predicted octanol–water partition coefficient (Wildman–Crippen LogP) is 1.44. The summed E-state index contributed by atoms with van der Waals surface area (Å²) in [7, 11) is 0. The van der Waals surface area contributed by atoms with Gasteiger partial charge >= 0.3 is 0 Å². The first-order chi connectivity index (χ1) is 6.75. The topological polar surface area (TPSA) is 32.3 Å². The molecule has 1 aromatic carbocycles. The highest BCUT2D eigenvalue weighted by molar-refractivity contribution is 5.17. The molecular weight excluding hydrogens is 181 g/mol. The second kappa shape index (κ2) is 4.07. The molecule has 0 spiro atoms. The molecule has 1 saturated carbocycles. The smallest absolute Gasteiger partial charge is 0.127 e. The van der Waals surface area contributed by atoms with Crippen LogP contribution in [0.15, 0.2) is 24.3 Å². The molecule has 1 fully saturated rings. The number of nitrogens with one attached hydrogen (secondary N) is 1. The predicted molar refractivity (Wildman–Crippen MR) is 52.3 cm³/mol. The van der Waals surface area contributed by atoms with E-state index in [4.69, 9.17) is 5.11 Å². The standard InChI is InChI=1S/C11H14FNO/c12-11-4-2-1-3-8(11)7-13-9-5-10(14)6-9/h1-4,9-10,13-14H,5-7H2. The lowest BCUT2D eigenvalue weighted by Gasteiger charge is -2.32. The zero-order valence-corrected chi connectivity index (χ0v) is 7.91. The monoisotopic (exact) mass is 195 g/mol. The van der Waals surface area contributed by atoms with Gasteiger partial charge in [0.05, 0.1) is 6.10 Å². The molecule has 0 radical (unpaired) electrons. The van der Waals surface area contributed by atoms with Crippen molar-refractivity contribution in [1.82, 2.24) is 5.32 Å². The molecule has 0 aromatic heterocycles. The van der Waals surface area contributed by atoms with Crippen molar-refractivity contribution in [2.24, 2.45) is 0 Å². The second-order valence-corrected chi connectivity index (χ2v) is 3.79. The molecule has 0 atom stereocenters. The number of halogens is 1. The number of hydrogen-bond acceptors (Lipinski definition) is 2. The highest BCUT2D eigenvalue weighted by Crippen LogP contribution is 2.20. The van der Waals surface area contributed by atoms with Gasteiger partial charge in [0.25, 0.3) is 0 Å². The van der Waals surface area contributed by atoms with Gasteiger partial charge in [0, 0.05) is 18.2 Å². The average Bonchev–Trinajstić information content (AvgIpc) is 2.13. The molecular formula is C11H14FNO. The van der Waals surface area contributed by atoms with Crippen LogP contribution in [0.5, 0.6) is 0 Å². The largest absolute Gasteiger partial charge is 0.393 e. The number of aliphatic hydroxyl groups excluding tert-OH is 1. The number of benzene rings is 1. The van der Waals surface area contributed by atoms with E-state index in [0.29, 0.717) is 18.2 Å². The number of hydrogen-bond donors (Lipinski definition) is 2. The lowest BCUT2D eigenvalue weighted by Crippen LogP contribution is -2.43. The van der Waals surface area contributed by atoms with Crippen molar-refractivity contribution < 1.29 is 9.50 Å². The zero-order chi connectivity index (χ0) is 9.97. The second-order valence-electron chi connectivity index (χ2n) is 3.79. The van der Waals surface area contributed by atoms with Crippen LogP contribution in [0.4, 0.5) is 4.39 Å². The maximum Gasteiger partial charge on any atom is 0.127 e. The lowest BCUT2D eigenvalue weighted by molar-refractivity contribution is 0.0618. The summed E-state index contributed by atoms with van der Waals surface area (Å²) in [5, 5.41) is 12.3. The minimum Gasteiger partial charge on any atom is -0.393 e. The molecule has 1 aliphatic rings. The molecule has 0 saturated heterocycles. The quantitative estimate of drug-likeness (QED) is 0.765. The van der Waals surface area contributed by atoms with E-state index in [0.717, 1.165) is 12.8 Å². The molecule has 0 heterocycles. The molecule has 1 aromatic rings. The van der Waals surface area contributed by atoms with Gasteiger partial charge in [0.2, 0.25) is 0 Å². The van der Waals surface area contributed by atoms with E-state index in [1.165, 1.54) is 6.07 Å². The zero-order valence-electron chi connectivity index (χ0n) is 7.91. The van der Waals surface area contributed by atoms with E-state index in [2.05, 4.69) is 5.32 Å². The van der Waals surface area contributed by atoms with E-state index in [1.54, 1.807) is 12.1 Å². The number of rotatable bonds is 3. The van der Waals surface area contributed by atoms with Gasteiger partial charge in [-0.15, -0.1) is 0 Å². The van der Waals surface area contributed by atoms with Crippen molar-refractivity contribution in [2.45, 2.75) is 31.5 Å².